The van der Waals surface area contributed by atoms with Gasteiger partial charge in [-0.1, -0.05) is 24.3 Å². The molecule has 4 heterocycles. The van der Waals surface area contributed by atoms with Crippen LogP contribution in [0, 0.1) is 17.6 Å². The van der Waals surface area contributed by atoms with Crippen LogP contribution in [0.15, 0.2) is 58.1 Å². The maximum atomic E-state index is 14.1. The molecule has 3 aromatic rings. The molecule has 10 nitrogen and oxygen atoms in total. The first-order valence-corrected chi connectivity index (χ1v) is 14.1. The number of fused-ring (bicyclic) bond motifs is 2. The van der Waals surface area contributed by atoms with E-state index >= 15 is 0 Å². The smallest absolute Gasteiger partial charge is 0.327 e. The molecule has 44 heavy (non-hydrogen) atoms. The number of hydroxylamine groups is 1. The molecule has 2 saturated heterocycles. The number of carbonyl (C=O) groups excluding carboxylic acids is 1. The van der Waals surface area contributed by atoms with Gasteiger partial charge in [-0.05, 0) is 60.7 Å². The van der Waals surface area contributed by atoms with Crippen LogP contribution in [0.5, 0.6) is 0 Å². The van der Waals surface area contributed by atoms with E-state index in [4.69, 9.17) is 4.84 Å². The van der Waals surface area contributed by atoms with Crippen LogP contribution in [0.4, 0.5) is 33.5 Å². The number of halogens is 5. The Bertz CT molecular complexity index is 1670. The van der Waals surface area contributed by atoms with E-state index in [9.17, 15) is 36.3 Å². The van der Waals surface area contributed by atoms with Crippen LogP contribution in [-0.4, -0.2) is 58.1 Å². The summed E-state index contributed by atoms with van der Waals surface area (Å²) in [5.41, 5.74) is -0.613. The quantitative estimate of drug-likeness (QED) is 0.403. The highest BCUT2D eigenvalue weighted by atomic mass is 19.4. The second-order valence-electron chi connectivity index (χ2n) is 11.2. The van der Waals surface area contributed by atoms with Gasteiger partial charge in [0.25, 0.3) is 5.56 Å². The van der Waals surface area contributed by atoms with Gasteiger partial charge in [0.2, 0.25) is 0 Å². The van der Waals surface area contributed by atoms with Crippen LogP contribution in [0.25, 0.3) is 0 Å². The van der Waals surface area contributed by atoms with Gasteiger partial charge in [0, 0.05) is 39.3 Å². The Morgan fingerprint density at radius 3 is 2.25 bits per heavy atom. The van der Waals surface area contributed by atoms with Crippen molar-refractivity contribution < 1.29 is 31.6 Å². The lowest BCUT2D eigenvalue weighted by Crippen LogP contribution is -2.58. The first kappa shape index (κ1) is 29.8. The van der Waals surface area contributed by atoms with Crippen LogP contribution in [-0.2, 0) is 36.2 Å². The average molecular weight is 621 g/mol. The fourth-order valence-electron chi connectivity index (χ4n) is 6.35. The molecular formula is C29H29F5N6O4. The number of hydrogen-bond acceptors (Lipinski definition) is 8. The van der Waals surface area contributed by atoms with Gasteiger partial charge in [-0.15, -0.1) is 5.06 Å². The Balaban J connectivity index is 1.50. The maximum Gasteiger partial charge on any atom is 0.493 e. The van der Waals surface area contributed by atoms with Crippen LogP contribution in [0.3, 0.4) is 0 Å². The number of likely N-dealkylation sites (tertiary alicyclic amines) is 1. The van der Waals surface area contributed by atoms with E-state index in [0.717, 1.165) is 9.13 Å². The van der Waals surface area contributed by atoms with Crippen molar-refractivity contribution in [2.75, 3.05) is 29.6 Å². The predicted octanol–water partition coefficient (Wildman–Crippen LogP) is 2.49. The lowest BCUT2D eigenvalue weighted by atomic mass is 10.1. The minimum Gasteiger partial charge on any atom is -0.327 e. The summed E-state index contributed by atoms with van der Waals surface area (Å²) in [6, 6.07) is 10.8. The number of benzene rings is 2. The predicted molar refractivity (Wildman–Crippen MR) is 149 cm³/mol. The van der Waals surface area contributed by atoms with Crippen LogP contribution < -0.4 is 26.5 Å². The van der Waals surface area contributed by atoms with E-state index in [2.05, 4.69) is 5.32 Å². The molecule has 3 aliphatic heterocycles. The van der Waals surface area contributed by atoms with E-state index in [0.29, 0.717) is 42.2 Å². The molecule has 0 spiro atoms. The molecule has 2 aromatic carbocycles. The zero-order chi connectivity index (χ0) is 31.3. The standard InChI is InChI=1S/C29H29F5N6O4/c1-36-24-23(25(41)38(28(36)43)12-10-17-2-6-20(30)7-3-17)39(16-18-4-8-21(31)9-5-18)27(40(24)44-26(42)29(32,33)34)37-13-11-19-14-35-15-22(19)37/h2-9,19,22,27,35H,10-16H2,1H3. The Kier molecular flexibility index (Phi) is 7.70. The molecule has 0 bridgehead atoms. The normalized spacial score (nSPS) is 21.5. The SMILES string of the molecule is Cn1c2c(c(=O)n(CCc3ccc(F)cc3)c1=O)N(Cc1ccc(F)cc1)C(N1CCC3CNCC31)N2OC(=O)C(F)(F)F. The molecule has 3 atom stereocenters. The molecule has 0 aliphatic carbocycles. The summed E-state index contributed by atoms with van der Waals surface area (Å²) in [6.45, 7) is 1.44. The number of aryl methyl sites for hydroxylation is 1. The highest BCUT2D eigenvalue weighted by Crippen LogP contribution is 2.42. The first-order valence-electron chi connectivity index (χ1n) is 14.1. The first-order chi connectivity index (χ1) is 20.9. The van der Waals surface area contributed by atoms with E-state index in [1.807, 2.05) is 4.90 Å². The molecule has 234 valence electrons. The maximum absolute atomic E-state index is 14.1. The van der Waals surface area contributed by atoms with Gasteiger partial charge in [0.15, 0.2) is 17.8 Å². The summed E-state index contributed by atoms with van der Waals surface area (Å²) in [5, 5.41) is 3.98. The number of nitrogens with zero attached hydrogens (tertiary/aromatic N) is 5. The fourth-order valence-corrected chi connectivity index (χ4v) is 6.35. The van der Waals surface area contributed by atoms with Crippen molar-refractivity contribution in [2.24, 2.45) is 13.0 Å². The Labute approximate surface area is 247 Å². The van der Waals surface area contributed by atoms with Gasteiger partial charge < -0.3 is 15.1 Å². The average Bonchev–Trinajstić information content (AvgIpc) is 3.68. The van der Waals surface area contributed by atoms with Crippen LogP contribution in [0.1, 0.15) is 17.5 Å². The van der Waals surface area contributed by atoms with E-state index in [-0.39, 0.29) is 43.0 Å². The van der Waals surface area contributed by atoms with Crippen LogP contribution in [0.2, 0.25) is 0 Å². The van der Waals surface area contributed by atoms with Crippen molar-refractivity contribution in [1.29, 1.82) is 0 Å². The molecule has 0 saturated carbocycles. The Hall–Kier alpha value is -4.24. The number of nitrogens with one attached hydrogen (secondary N) is 1. The topological polar surface area (TPSA) is 92.1 Å². The summed E-state index contributed by atoms with van der Waals surface area (Å²) in [6.07, 6.45) is -5.69. The van der Waals surface area contributed by atoms with Crippen molar-refractivity contribution in [3.63, 3.8) is 0 Å². The fraction of sp³-hybridized carbons (Fsp3) is 0.414. The number of carbonyl (C=O) groups is 1. The van der Waals surface area contributed by atoms with Crippen molar-refractivity contribution in [3.05, 3.63) is 92.1 Å². The monoisotopic (exact) mass is 620 g/mol. The van der Waals surface area contributed by atoms with Crippen molar-refractivity contribution in [2.45, 2.75) is 44.4 Å². The highest BCUT2D eigenvalue weighted by Gasteiger charge is 2.54. The Morgan fingerprint density at radius 2 is 1.61 bits per heavy atom. The summed E-state index contributed by atoms with van der Waals surface area (Å²) in [5.74, 6) is -3.60. The van der Waals surface area contributed by atoms with Gasteiger partial charge in [0.05, 0.1) is 0 Å². The molecule has 3 unspecified atom stereocenters. The second kappa shape index (κ2) is 11.4. The number of anilines is 2. The molecule has 15 heteroatoms. The van der Waals surface area contributed by atoms with Gasteiger partial charge >= 0.3 is 17.8 Å². The highest BCUT2D eigenvalue weighted by molar-refractivity contribution is 5.80. The number of aromatic nitrogens is 2. The van der Waals surface area contributed by atoms with Crippen molar-refractivity contribution in [1.82, 2.24) is 19.4 Å². The third kappa shape index (κ3) is 5.34. The summed E-state index contributed by atoms with van der Waals surface area (Å²) in [4.78, 5) is 48.3. The third-order valence-corrected chi connectivity index (χ3v) is 8.48. The summed E-state index contributed by atoms with van der Waals surface area (Å²) in [7, 11) is 1.28. The third-order valence-electron chi connectivity index (χ3n) is 8.48. The molecule has 1 N–H and O–H groups in total. The molecule has 6 rings (SSSR count). The Morgan fingerprint density at radius 1 is 0.977 bits per heavy atom. The molecule has 1 aromatic heterocycles. The molecule has 0 radical (unpaired) electrons. The van der Waals surface area contributed by atoms with Gasteiger partial charge in [-0.3, -0.25) is 18.8 Å². The second-order valence-corrected chi connectivity index (χ2v) is 11.2. The minimum atomic E-state index is -5.36. The van der Waals surface area contributed by atoms with E-state index in [1.54, 1.807) is 0 Å². The molecule has 3 aliphatic rings. The molecule has 0 amide bonds. The van der Waals surface area contributed by atoms with Crippen LogP contribution >= 0.6 is 0 Å². The lowest BCUT2D eigenvalue weighted by molar-refractivity contribution is -0.203. The van der Waals surface area contributed by atoms with E-state index in [1.165, 1.54) is 60.5 Å². The van der Waals surface area contributed by atoms with Gasteiger partial charge in [-0.25, -0.2) is 18.4 Å². The van der Waals surface area contributed by atoms with Gasteiger partial charge in [0.1, 0.15) is 11.6 Å². The number of hydrogen-bond donors (Lipinski definition) is 1. The summed E-state index contributed by atoms with van der Waals surface area (Å²) >= 11 is 0. The zero-order valence-corrected chi connectivity index (χ0v) is 23.6. The largest absolute Gasteiger partial charge is 0.493 e. The summed E-state index contributed by atoms with van der Waals surface area (Å²) < 4.78 is 69.8. The van der Waals surface area contributed by atoms with Crippen molar-refractivity contribution >= 4 is 17.5 Å². The minimum absolute atomic E-state index is 0.0786. The molecule has 2 fully saturated rings. The molecular weight excluding hydrogens is 591 g/mol. The van der Waals surface area contributed by atoms with Gasteiger partial charge in [-0.2, -0.15) is 13.2 Å². The number of alkyl halides is 3. The zero-order valence-electron chi connectivity index (χ0n) is 23.6. The lowest BCUT2D eigenvalue weighted by Gasteiger charge is -2.39. The van der Waals surface area contributed by atoms with Crippen molar-refractivity contribution in [3.8, 4) is 0 Å². The van der Waals surface area contributed by atoms with E-state index < -0.39 is 41.3 Å². The number of rotatable bonds is 7.